The first-order valence-corrected chi connectivity index (χ1v) is 9.13. The fourth-order valence-electron chi connectivity index (χ4n) is 2.74. The van der Waals surface area contributed by atoms with E-state index in [4.69, 9.17) is 26.8 Å². The van der Waals surface area contributed by atoms with Crippen molar-refractivity contribution in [1.29, 1.82) is 0 Å². The molecule has 1 amide bonds. The molecule has 0 unspecified atom stereocenters. The van der Waals surface area contributed by atoms with Crippen molar-refractivity contribution in [2.75, 3.05) is 45.7 Å². The van der Waals surface area contributed by atoms with Crippen LogP contribution in [0.1, 0.15) is 5.56 Å². The molecule has 0 aromatic heterocycles. The van der Waals surface area contributed by atoms with Gasteiger partial charge in [-0.1, -0.05) is 41.9 Å². The van der Waals surface area contributed by atoms with Gasteiger partial charge in [0.25, 0.3) is 0 Å². The lowest BCUT2D eigenvalue weighted by atomic mass is 10.1. The van der Waals surface area contributed by atoms with Crippen molar-refractivity contribution in [2.45, 2.75) is 6.42 Å². The standard InChI is InChI=1S/C20H26ClN3O3.ClH/c1-26-18-13-17(19(27-2)12-16(18)21)23-20(25)14-24(11-9-22)10-8-15-6-4-3-5-7-15;/h3-7,12-13H,8-11,14,22H2,1-2H3,(H,23,25);1H. The molecule has 8 heteroatoms. The Hall–Kier alpha value is -1.99. The molecule has 0 atom stereocenters. The van der Waals surface area contributed by atoms with Gasteiger partial charge in [0, 0.05) is 31.8 Å². The Kier molecular flexibility index (Phi) is 10.7. The summed E-state index contributed by atoms with van der Waals surface area (Å²) in [5.41, 5.74) is 7.44. The minimum Gasteiger partial charge on any atom is -0.495 e. The van der Waals surface area contributed by atoms with E-state index in [-0.39, 0.29) is 24.9 Å². The Labute approximate surface area is 177 Å². The third kappa shape index (κ3) is 7.20. The summed E-state index contributed by atoms with van der Waals surface area (Å²) in [5, 5.41) is 3.28. The molecule has 0 aliphatic rings. The SMILES string of the molecule is COc1cc(NC(=O)CN(CCN)CCc2ccccc2)c(OC)cc1Cl.Cl. The van der Waals surface area contributed by atoms with E-state index in [0.29, 0.717) is 35.3 Å². The summed E-state index contributed by atoms with van der Waals surface area (Å²) in [7, 11) is 3.04. The number of nitrogens with one attached hydrogen (secondary N) is 1. The lowest BCUT2D eigenvalue weighted by Gasteiger charge is -2.21. The van der Waals surface area contributed by atoms with Gasteiger partial charge >= 0.3 is 0 Å². The molecule has 0 aliphatic carbocycles. The van der Waals surface area contributed by atoms with Crippen LogP contribution in [0.25, 0.3) is 0 Å². The van der Waals surface area contributed by atoms with Gasteiger partial charge in [-0.25, -0.2) is 0 Å². The second kappa shape index (κ2) is 12.5. The van der Waals surface area contributed by atoms with Gasteiger partial charge in [0.05, 0.1) is 31.5 Å². The zero-order chi connectivity index (χ0) is 19.6. The van der Waals surface area contributed by atoms with Crippen LogP contribution in [0.15, 0.2) is 42.5 Å². The van der Waals surface area contributed by atoms with E-state index in [1.807, 2.05) is 23.1 Å². The van der Waals surface area contributed by atoms with Crippen molar-refractivity contribution in [1.82, 2.24) is 4.90 Å². The highest BCUT2D eigenvalue weighted by Crippen LogP contribution is 2.35. The fourth-order valence-corrected chi connectivity index (χ4v) is 2.97. The Morgan fingerprint density at radius 2 is 1.79 bits per heavy atom. The van der Waals surface area contributed by atoms with E-state index in [2.05, 4.69) is 17.4 Å². The van der Waals surface area contributed by atoms with E-state index >= 15 is 0 Å². The Bertz CT molecular complexity index is 745. The maximum absolute atomic E-state index is 12.5. The van der Waals surface area contributed by atoms with E-state index in [1.165, 1.54) is 19.8 Å². The van der Waals surface area contributed by atoms with Gasteiger partial charge in [0.15, 0.2) is 0 Å². The van der Waals surface area contributed by atoms with Crippen molar-refractivity contribution < 1.29 is 14.3 Å². The predicted molar refractivity (Wildman–Crippen MR) is 116 cm³/mol. The summed E-state index contributed by atoms with van der Waals surface area (Å²) in [6, 6.07) is 13.4. The molecule has 2 aromatic carbocycles. The van der Waals surface area contributed by atoms with Crippen LogP contribution in [-0.4, -0.2) is 51.2 Å². The molecule has 3 N–H and O–H groups in total. The van der Waals surface area contributed by atoms with Crippen LogP contribution in [0.2, 0.25) is 5.02 Å². The number of hydrogen-bond acceptors (Lipinski definition) is 5. The number of rotatable bonds is 10. The molecule has 0 aliphatic heterocycles. The Balaban J connectivity index is 0.00000392. The van der Waals surface area contributed by atoms with Crippen molar-refractivity contribution in [3.05, 3.63) is 53.1 Å². The van der Waals surface area contributed by atoms with Crippen molar-refractivity contribution >= 4 is 35.6 Å². The number of nitrogens with zero attached hydrogens (tertiary/aromatic N) is 1. The van der Waals surface area contributed by atoms with Crippen LogP contribution in [-0.2, 0) is 11.2 Å². The minimum atomic E-state index is -0.154. The van der Waals surface area contributed by atoms with Crippen LogP contribution >= 0.6 is 24.0 Å². The van der Waals surface area contributed by atoms with Gasteiger partial charge in [0.1, 0.15) is 11.5 Å². The van der Waals surface area contributed by atoms with Gasteiger partial charge in [-0.3, -0.25) is 9.69 Å². The first-order chi connectivity index (χ1) is 13.1. The number of carbonyl (C=O) groups is 1. The Morgan fingerprint density at radius 3 is 2.39 bits per heavy atom. The predicted octanol–water partition coefficient (Wildman–Crippen LogP) is 3.22. The number of anilines is 1. The normalized spacial score (nSPS) is 10.3. The van der Waals surface area contributed by atoms with Crippen molar-refractivity contribution in [3.8, 4) is 11.5 Å². The molecular weight excluding hydrogens is 401 g/mol. The highest BCUT2D eigenvalue weighted by atomic mass is 35.5. The van der Waals surface area contributed by atoms with E-state index in [0.717, 1.165) is 13.0 Å². The average molecular weight is 428 g/mol. The third-order valence-electron chi connectivity index (χ3n) is 4.12. The number of halogens is 2. The van der Waals surface area contributed by atoms with Crippen LogP contribution in [0.5, 0.6) is 11.5 Å². The van der Waals surface area contributed by atoms with Crippen LogP contribution in [0.4, 0.5) is 5.69 Å². The lowest BCUT2D eigenvalue weighted by molar-refractivity contribution is -0.117. The smallest absolute Gasteiger partial charge is 0.238 e. The Morgan fingerprint density at radius 1 is 1.11 bits per heavy atom. The quantitative estimate of drug-likeness (QED) is 0.608. The highest BCUT2D eigenvalue weighted by molar-refractivity contribution is 6.32. The van der Waals surface area contributed by atoms with Gasteiger partial charge in [-0.15, -0.1) is 12.4 Å². The molecule has 0 spiro atoms. The molecule has 6 nitrogen and oxygen atoms in total. The van der Waals surface area contributed by atoms with Crippen LogP contribution in [0.3, 0.4) is 0 Å². The number of benzene rings is 2. The first kappa shape index (κ1) is 24.0. The second-order valence-corrected chi connectivity index (χ2v) is 6.44. The molecule has 154 valence electrons. The van der Waals surface area contributed by atoms with Gasteiger partial charge in [0.2, 0.25) is 5.91 Å². The maximum atomic E-state index is 12.5. The minimum absolute atomic E-state index is 0. The molecule has 0 saturated heterocycles. The number of amides is 1. The number of ether oxygens (including phenoxy) is 2. The summed E-state index contributed by atoms with van der Waals surface area (Å²) in [5.74, 6) is 0.790. The maximum Gasteiger partial charge on any atom is 0.238 e. The highest BCUT2D eigenvalue weighted by Gasteiger charge is 2.15. The van der Waals surface area contributed by atoms with Gasteiger partial charge in [-0.2, -0.15) is 0 Å². The van der Waals surface area contributed by atoms with Gasteiger partial charge < -0.3 is 20.5 Å². The number of hydrogen-bond donors (Lipinski definition) is 2. The molecule has 2 rings (SSSR count). The molecule has 0 heterocycles. The molecule has 0 fully saturated rings. The van der Waals surface area contributed by atoms with Crippen LogP contribution in [0, 0.1) is 0 Å². The zero-order valence-electron chi connectivity index (χ0n) is 16.1. The summed E-state index contributed by atoms with van der Waals surface area (Å²) < 4.78 is 10.5. The molecule has 0 bridgehead atoms. The monoisotopic (exact) mass is 427 g/mol. The van der Waals surface area contributed by atoms with E-state index < -0.39 is 0 Å². The summed E-state index contributed by atoms with van der Waals surface area (Å²) >= 11 is 6.10. The summed E-state index contributed by atoms with van der Waals surface area (Å²) in [6.07, 6.45) is 0.853. The molecule has 0 radical (unpaired) electrons. The number of nitrogens with two attached hydrogens (primary N) is 1. The average Bonchev–Trinajstić information content (AvgIpc) is 2.68. The van der Waals surface area contributed by atoms with Crippen molar-refractivity contribution in [3.63, 3.8) is 0 Å². The summed E-state index contributed by atoms with van der Waals surface area (Å²) in [4.78, 5) is 14.6. The second-order valence-electron chi connectivity index (χ2n) is 6.04. The number of methoxy groups -OCH3 is 2. The van der Waals surface area contributed by atoms with E-state index in [1.54, 1.807) is 12.1 Å². The topological polar surface area (TPSA) is 76.8 Å². The molecule has 0 saturated carbocycles. The molecule has 28 heavy (non-hydrogen) atoms. The molecule has 2 aromatic rings. The lowest BCUT2D eigenvalue weighted by Crippen LogP contribution is -2.38. The number of carbonyl (C=O) groups excluding carboxylic acids is 1. The first-order valence-electron chi connectivity index (χ1n) is 8.75. The zero-order valence-corrected chi connectivity index (χ0v) is 17.7. The largest absolute Gasteiger partial charge is 0.495 e. The summed E-state index contributed by atoms with van der Waals surface area (Å²) in [6.45, 7) is 2.11. The third-order valence-corrected chi connectivity index (χ3v) is 4.42. The molecular formula is C20H27Cl2N3O3. The fraction of sp³-hybridized carbons (Fsp3) is 0.350. The van der Waals surface area contributed by atoms with Crippen molar-refractivity contribution in [2.24, 2.45) is 5.73 Å². The van der Waals surface area contributed by atoms with E-state index in [9.17, 15) is 4.79 Å². The van der Waals surface area contributed by atoms with Crippen LogP contribution < -0.4 is 20.5 Å². The van der Waals surface area contributed by atoms with Gasteiger partial charge in [-0.05, 0) is 12.0 Å².